The van der Waals surface area contributed by atoms with Gasteiger partial charge in [0.05, 0.1) is 30.1 Å². The van der Waals surface area contributed by atoms with Gasteiger partial charge in [0.1, 0.15) is 0 Å². The lowest BCUT2D eigenvalue weighted by Crippen LogP contribution is -2.55. The number of nitrogens with one attached hydrogen (secondary N) is 1. The summed E-state index contributed by atoms with van der Waals surface area (Å²) in [6.45, 7) is 0. The largest absolute Gasteiger partial charge is 0.493 e. The summed E-state index contributed by atoms with van der Waals surface area (Å²) in [5.41, 5.74) is 2.71. The van der Waals surface area contributed by atoms with Gasteiger partial charge in [0.2, 0.25) is 0 Å². The molecule has 1 N–H and O–H groups in total. The predicted octanol–water partition coefficient (Wildman–Crippen LogP) is 5.46. The third-order valence-corrected chi connectivity index (χ3v) is 6.90. The number of carbonyl (C=O) groups is 1. The molecule has 160 valence electrons. The molecule has 6 rings (SSSR count). The van der Waals surface area contributed by atoms with Gasteiger partial charge in [-0.1, -0.05) is 51.8 Å². The smallest absolute Gasteiger partial charge is 0.306 e. The van der Waals surface area contributed by atoms with E-state index in [9.17, 15) is 4.79 Å². The quantitative estimate of drug-likeness (QED) is 0.497. The molecule has 32 heavy (non-hydrogen) atoms. The molecule has 2 atom stereocenters. The molecule has 3 aliphatic rings. The van der Waals surface area contributed by atoms with Gasteiger partial charge in [0, 0.05) is 21.5 Å². The monoisotopic (exact) mass is 509 g/mol. The molecule has 3 aromatic carbocycles. The number of hydrogen-bond donors (Lipinski definition) is 1. The van der Waals surface area contributed by atoms with Crippen molar-refractivity contribution < 1.29 is 14.3 Å². The topological polar surface area (TPSA) is 63.2 Å². The Morgan fingerprint density at radius 1 is 1.22 bits per heavy atom. The Labute approximate surface area is 197 Å². The van der Waals surface area contributed by atoms with Crippen molar-refractivity contribution in [2.24, 2.45) is 5.10 Å². The minimum absolute atomic E-state index is 0.199. The van der Waals surface area contributed by atoms with E-state index in [-0.39, 0.29) is 11.9 Å². The van der Waals surface area contributed by atoms with Crippen LogP contribution in [0.2, 0.25) is 5.02 Å². The van der Waals surface area contributed by atoms with Crippen LogP contribution in [0.15, 0.2) is 70.2 Å². The van der Waals surface area contributed by atoms with Gasteiger partial charge in [-0.15, -0.1) is 0 Å². The number of hydrogen-bond acceptors (Lipinski definition) is 5. The second-order valence-electron chi connectivity index (χ2n) is 7.89. The first-order valence-corrected chi connectivity index (χ1v) is 11.3. The summed E-state index contributed by atoms with van der Waals surface area (Å²) in [6, 6.07) is 18.8. The molecule has 0 aliphatic carbocycles. The van der Waals surface area contributed by atoms with E-state index in [2.05, 4.69) is 21.2 Å². The standard InChI is InChI=1S/C24H17BrClN3O3/c1-31-21-4-2-3-16-20-12-19(13-5-8-15(26)9-6-13)28-29(20)24(32-22(16)21)17-11-14(25)7-10-18(17)27-23(24)30/h2-11,20H,12H2,1H3,(H,27,30)/t20-,24+/m0/s1. The van der Waals surface area contributed by atoms with E-state index in [1.54, 1.807) is 12.1 Å². The van der Waals surface area contributed by atoms with Crippen molar-refractivity contribution in [1.29, 1.82) is 0 Å². The van der Waals surface area contributed by atoms with Gasteiger partial charge in [-0.3, -0.25) is 4.79 Å². The second kappa shape index (κ2) is 6.98. The van der Waals surface area contributed by atoms with Crippen LogP contribution in [0.4, 0.5) is 5.69 Å². The zero-order valence-electron chi connectivity index (χ0n) is 16.9. The molecule has 0 saturated heterocycles. The summed E-state index contributed by atoms with van der Waals surface area (Å²) in [5, 5.41) is 10.4. The number of amides is 1. The van der Waals surface area contributed by atoms with E-state index >= 15 is 0 Å². The first-order valence-electron chi connectivity index (χ1n) is 10.1. The van der Waals surface area contributed by atoms with Crippen LogP contribution in [0.25, 0.3) is 0 Å². The van der Waals surface area contributed by atoms with E-state index in [0.29, 0.717) is 34.2 Å². The van der Waals surface area contributed by atoms with Crippen LogP contribution < -0.4 is 14.8 Å². The molecular formula is C24H17BrClN3O3. The van der Waals surface area contributed by atoms with E-state index in [1.165, 1.54) is 0 Å². The Kier molecular flexibility index (Phi) is 4.29. The highest BCUT2D eigenvalue weighted by Gasteiger charge is 2.61. The number of nitrogens with zero attached hydrogens (tertiary/aromatic N) is 2. The normalized spacial score (nSPS) is 22.6. The van der Waals surface area contributed by atoms with E-state index in [0.717, 1.165) is 21.3 Å². The fourth-order valence-corrected chi connectivity index (χ4v) is 5.17. The molecule has 0 aromatic heterocycles. The molecule has 0 saturated carbocycles. The van der Waals surface area contributed by atoms with Crippen LogP contribution >= 0.6 is 27.5 Å². The van der Waals surface area contributed by atoms with Crippen LogP contribution in [-0.2, 0) is 10.5 Å². The highest BCUT2D eigenvalue weighted by molar-refractivity contribution is 9.10. The van der Waals surface area contributed by atoms with Gasteiger partial charge in [0.15, 0.2) is 11.5 Å². The molecule has 0 unspecified atom stereocenters. The number of rotatable bonds is 2. The molecule has 1 spiro atoms. The van der Waals surface area contributed by atoms with Crippen LogP contribution in [0.5, 0.6) is 11.5 Å². The summed E-state index contributed by atoms with van der Waals surface area (Å²) in [4.78, 5) is 13.5. The van der Waals surface area contributed by atoms with Crippen molar-refractivity contribution in [2.75, 3.05) is 12.4 Å². The highest BCUT2D eigenvalue weighted by atomic mass is 79.9. The highest BCUT2D eigenvalue weighted by Crippen LogP contribution is 2.56. The molecule has 0 radical (unpaired) electrons. The van der Waals surface area contributed by atoms with Gasteiger partial charge < -0.3 is 14.8 Å². The fourth-order valence-electron chi connectivity index (χ4n) is 4.68. The average molecular weight is 511 g/mol. The number of para-hydroxylation sites is 1. The lowest BCUT2D eigenvalue weighted by Gasteiger charge is -2.44. The minimum Gasteiger partial charge on any atom is -0.493 e. The zero-order chi connectivity index (χ0) is 22.0. The Morgan fingerprint density at radius 2 is 2.03 bits per heavy atom. The summed E-state index contributed by atoms with van der Waals surface area (Å²) < 4.78 is 13.0. The minimum atomic E-state index is -1.44. The first kappa shape index (κ1) is 19.6. The van der Waals surface area contributed by atoms with E-state index in [4.69, 9.17) is 26.2 Å². The summed E-state index contributed by atoms with van der Waals surface area (Å²) in [5.74, 6) is 0.859. The number of fused-ring (bicyclic) bond motifs is 6. The molecule has 8 heteroatoms. The third-order valence-electron chi connectivity index (χ3n) is 6.15. The molecule has 3 aromatic rings. The van der Waals surface area contributed by atoms with Gasteiger partial charge in [-0.2, -0.15) is 5.10 Å². The van der Waals surface area contributed by atoms with Gasteiger partial charge in [-0.25, -0.2) is 5.01 Å². The molecule has 3 heterocycles. The Morgan fingerprint density at radius 3 is 2.81 bits per heavy atom. The Bertz CT molecular complexity index is 1310. The van der Waals surface area contributed by atoms with Crippen LogP contribution in [0.1, 0.15) is 29.2 Å². The number of hydrazone groups is 1. The number of anilines is 1. The van der Waals surface area contributed by atoms with Crippen LogP contribution in [0.3, 0.4) is 0 Å². The van der Waals surface area contributed by atoms with Gasteiger partial charge in [-0.05, 0) is 42.0 Å². The zero-order valence-corrected chi connectivity index (χ0v) is 19.3. The van der Waals surface area contributed by atoms with Gasteiger partial charge in [0.25, 0.3) is 5.91 Å². The van der Waals surface area contributed by atoms with Crippen molar-refractivity contribution in [3.63, 3.8) is 0 Å². The average Bonchev–Trinajstić information content (AvgIpc) is 3.35. The molecular weight excluding hydrogens is 494 g/mol. The van der Waals surface area contributed by atoms with Crippen molar-refractivity contribution in [3.05, 3.63) is 86.8 Å². The summed E-state index contributed by atoms with van der Waals surface area (Å²) >= 11 is 9.62. The van der Waals surface area contributed by atoms with Crippen molar-refractivity contribution in [2.45, 2.75) is 18.2 Å². The maximum atomic E-state index is 13.5. The summed E-state index contributed by atoms with van der Waals surface area (Å²) in [6.07, 6.45) is 0.615. The SMILES string of the molecule is COc1cccc2c1O[C@]1(C(=O)Nc3ccc(Br)cc31)N1N=C(c3ccc(Cl)cc3)C[C@@H]21. The van der Waals surface area contributed by atoms with Crippen LogP contribution in [0, 0.1) is 0 Å². The number of ether oxygens (including phenoxy) is 2. The Balaban J connectivity index is 1.59. The lowest BCUT2D eigenvalue weighted by molar-refractivity contribution is -0.161. The van der Waals surface area contributed by atoms with E-state index in [1.807, 2.05) is 60.7 Å². The molecule has 0 fully saturated rings. The molecule has 1 amide bonds. The molecule has 0 bridgehead atoms. The molecule has 6 nitrogen and oxygen atoms in total. The van der Waals surface area contributed by atoms with E-state index < -0.39 is 5.72 Å². The maximum Gasteiger partial charge on any atom is 0.306 e. The van der Waals surface area contributed by atoms with Crippen LogP contribution in [-0.4, -0.2) is 23.7 Å². The maximum absolute atomic E-state index is 13.5. The third kappa shape index (κ3) is 2.64. The second-order valence-corrected chi connectivity index (χ2v) is 9.24. The number of methoxy groups -OCH3 is 1. The first-order chi connectivity index (χ1) is 15.5. The molecule has 3 aliphatic heterocycles. The Hall–Kier alpha value is -3.03. The van der Waals surface area contributed by atoms with Crippen molar-refractivity contribution in [3.8, 4) is 11.5 Å². The van der Waals surface area contributed by atoms with Crippen molar-refractivity contribution in [1.82, 2.24) is 5.01 Å². The number of benzene rings is 3. The lowest BCUT2D eigenvalue weighted by atomic mass is 9.92. The fraction of sp³-hybridized carbons (Fsp3) is 0.167. The summed E-state index contributed by atoms with van der Waals surface area (Å²) in [7, 11) is 1.60. The number of halogens is 2. The van der Waals surface area contributed by atoms with Gasteiger partial charge >= 0.3 is 5.72 Å². The van der Waals surface area contributed by atoms with Crippen molar-refractivity contribution >= 4 is 44.8 Å². The number of carbonyl (C=O) groups excluding carboxylic acids is 1. The predicted molar refractivity (Wildman–Crippen MR) is 125 cm³/mol.